The van der Waals surface area contributed by atoms with Crippen LogP contribution in [0, 0.1) is 0 Å². The molecule has 0 saturated carbocycles. The van der Waals surface area contributed by atoms with Crippen molar-refractivity contribution in [2.45, 2.75) is 32.7 Å². The second-order valence-electron chi connectivity index (χ2n) is 4.92. The Balaban J connectivity index is 1.95. The molecule has 1 saturated heterocycles. The first kappa shape index (κ1) is 14.8. The Bertz CT molecular complexity index is 421. The van der Waals surface area contributed by atoms with Crippen LogP contribution in [0.1, 0.15) is 26.7 Å². The number of aromatic nitrogens is 3. The molecule has 0 spiro atoms. The lowest BCUT2D eigenvalue weighted by molar-refractivity contribution is 0.268. The van der Waals surface area contributed by atoms with Gasteiger partial charge in [-0.2, -0.15) is 15.0 Å². The van der Waals surface area contributed by atoms with Gasteiger partial charge in [0.15, 0.2) is 0 Å². The third-order valence-corrected chi connectivity index (χ3v) is 3.43. The maximum absolute atomic E-state index is 5.34. The Hall–Kier alpha value is -1.63. The number of likely N-dealkylation sites (tertiary alicyclic amines) is 1. The molecule has 0 aliphatic carbocycles. The number of hydrogen-bond acceptors (Lipinski definition) is 7. The predicted octanol–water partition coefficient (Wildman–Crippen LogP) is 1.21. The third kappa shape index (κ3) is 3.93. The van der Waals surface area contributed by atoms with Crippen molar-refractivity contribution in [3.63, 3.8) is 0 Å². The zero-order valence-corrected chi connectivity index (χ0v) is 12.5. The maximum atomic E-state index is 5.34. The van der Waals surface area contributed by atoms with Crippen LogP contribution in [0.4, 0.5) is 11.9 Å². The zero-order valence-electron chi connectivity index (χ0n) is 12.5. The monoisotopic (exact) mass is 280 g/mol. The van der Waals surface area contributed by atoms with Gasteiger partial charge in [0, 0.05) is 19.6 Å². The number of anilines is 2. The molecular weight excluding hydrogens is 256 g/mol. The molecule has 0 amide bonds. The van der Waals surface area contributed by atoms with Gasteiger partial charge in [0.25, 0.3) is 0 Å². The molecule has 7 nitrogen and oxygen atoms in total. The summed E-state index contributed by atoms with van der Waals surface area (Å²) in [6.07, 6.45) is 2.60. The molecule has 1 aromatic rings. The second-order valence-corrected chi connectivity index (χ2v) is 4.92. The van der Waals surface area contributed by atoms with E-state index in [0.717, 1.165) is 6.54 Å². The summed E-state index contributed by atoms with van der Waals surface area (Å²) in [6.45, 7) is 7.86. The fraction of sp³-hybridized carbons (Fsp3) is 0.769. The van der Waals surface area contributed by atoms with Crippen molar-refractivity contribution < 1.29 is 4.74 Å². The fourth-order valence-corrected chi connectivity index (χ4v) is 2.29. The van der Waals surface area contributed by atoms with E-state index in [-0.39, 0.29) is 0 Å². The minimum atomic E-state index is 0.350. The molecule has 1 aliphatic rings. The summed E-state index contributed by atoms with van der Waals surface area (Å²) in [6, 6.07) is 0.825. The van der Waals surface area contributed by atoms with E-state index in [1.165, 1.54) is 25.9 Å². The third-order valence-electron chi connectivity index (χ3n) is 3.43. The van der Waals surface area contributed by atoms with E-state index in [9.17, 15) is 0 Å². The van der Waals surface area contributed by atoms with Crippen LogP contribution < -0.4 is 15.4 Å². The average Bonchev–Trinajstić information content (AvgIpc) is 2.99. The highest BCUT2D eigenvalue weighted by atomic mass is 16.5. The summed E-state index contributed by atoms with van der Waals surface area (Å²) >= 11 is 0. The Kier molecular flexibility index (Phi) is 5.34. The summed E-state index contributed by atoms with van der Waals surface area (Å²) in [5.74, 6) is 1.07. The van der Waals surface area contributed by atoms with Crippen LogP contribution in [0.15, 0.2) is 0 Å². The largest absolute Gasteiger partial charge is 0.464 e. The van der Waals surface area contributed by atoms with Crippen molar-refractivity contribution >= 4 is 11.9 Å². The lowest BCUT2D eigenvalue weighted by atomic mass is 10.3. The van der Waals surface area contributed by atoms with E-state index < -0.39 is 0 Å². The molecule has 1 fully saturated rings. The highest BCUT2D eigenvalue weighted by molar-refractivity contribution is 5.35. The molecular formula is C13H24N6O. The molecule has 0 aromatic carbocycles. The van der Waals surface area contributed by atoms with E-state index in [4.69, 9.17) is 4.74 Å². The van der Waals surface area contributed by atoms with Gasteiger partial charge in [0.1, 0.15) is 0 Å². The van der Waals surface area contributed by atoms with Gasteiger partial charge in [-0.25, -0.2) is 0 Å². The minimum absolute atomic E-state index is 0.350. The molecule has 0 radical (unpaired) electrons. The summed E-state index contributed by atoms with van der Waals surface area (Å²) in [5, 5.41) is 6.19. The van der Waals surface area contributed by atoms with E-state index >= 15 is 0 Å². The van der Waals surface area contributed by atoms with Crippen molar-refractivity contribution in [1.29, 1.82) is 0 Å². The number of hydrogen-bond donors (Lipinski definition) is 2. The molecule has 112 valence electrons. The number of ether oxygens (including phenoxy) is 1. The molecule has 0 bridgehead atoms. The van der Waals surface area contributed by atoms with Gasteiger partial charge in [-0.3, -0.25) is 4.90 Å². The van der Waals surface area contributed by atoms with E-state index in [0.29, 0.717) is 30.6 Å². The predicted molar refractivity (Wildman–Crippen MR) is 79.3 cm³/mol. The van der Waals surface area contributed by atoms with Crippen molar-refractivity contribution in [2.75, 3.05) is 43.9 Å². The Morgan fingerprint density at radius 2 is 1.90 bits per heavy atom. The van der Waals surface area contributed by atoms with Crippen LogP contribution in [-0.4, -0.2) is 59.2 Å². The lowest BCUT2D eigenvalue weighted by Gasteiger charge is -2.23. The van der Waals surface area contributed by atoms with Gasteiger partial charge in [-0.15, -0.1) is 0 Å². The first-order valence-corrected chi connectivity index (χ1v) is 7.27. The van der Waals surface area contributed by atoms with Crippen molar-refractivity contribution in [1.82, 2.24) is 19.9 Å². The van der Waals surface area contributed by atoms with E-state index in [1.54, 1.807) is 7.05 Å². The van der Waals surface area contributed by atoms with Crippen molar-refractivity contribution in [3.8, 4) is 6.01 Å². The molecule has 7 heteroatoms. The van der Waals surface area contributed by atoms with Crippen LogP contribution in [0.3, 0.4) is 0 Å². The molecule has 1 atom stereocenters. The highest BCUT2D eigenvalue weighted by Crippen LogP contribution is 2.13. The van der Waals surface area contributed by atoms with Gasteiger partial charge in [0.05, 0.1) is 6.61 Å². The van der Waals surface area contributed by atoms with Crippen LogP contribution in [0.2, 0.25) is 0 Å². The van der Waals surface area contributed by atoms with Gasteiger partial charge in [0.2, 0.25) is 11.9 Å². The van der Waals surface area contributed by atoms with E-state index in [1.807, 2.05) is 6.92 Å². The number of nitrogens with one attached hydrogen (secondary N) is 2. The second kappa shape index (κ2) is 7.23. The number of rotatable bonds is 7. The smallest absolute Gasteiger partial charge is 0.323 e. The summed E-state index contributed by atoms with van der Waals surface area (Å²) in [4.78, 5) is 15.2. The average molecular weight is 280 g/mol. The van der Waals surface area contributed by atoms with Crippen molar-refractivity contribution in [2.24, 2.45) is 0 Å². The van der Waals surface area contributed by atoms with Crippen LogP contribution in [-0.2, 0) is 0 Å². The molecule has 2 N–H and O–H groups in total. The summed E-state index contributed by atoms with van der Waals surface area (Å²) in [5.41, 5.74) is 0. The first-order chi connectivity index (χ1) is 9.72. The zero-order chi connectivity index (χ0) is 14.4. The number of nitrogens with zero attached hydrogens (tertiary/aromatic N) is 4. The van der Waals surface area contributed by atoms with E-state index in [2.05, 4.69) is 37.4 Å². The Morgan fingerprint density at radius 3 is 2.55 bits per heavy atom. The molecule has 1 aliphatic heterocycles. The Morgan fingerprint density at radius 1 is 1.20 bits per heavy atom. The molecule has 20 heavy (non-hydrogen) atoms. The molecule has 2 rings (SSSR count). The molecule has 2 heterocycles. The van der Waals surface area contributed by atoms with Crippen LogP contribution in [0.5, 0.6) is 6.01 Å². The standard InChI is InChI=1S/C13H24N6O/c1-4-20-13-17-11(14-3)16-12(18-13)15-9-10(2)19-7-5-6-8-19/h10H,4-9H2,1-3H3,(H2,14,15,16,17,18). The van der Waals surface area contributed by atoms with Gasteiger partial charge in [-0.1, -0.05) is 0 Å². The van der Waals surface area contributed by atoms with Gasteiger partial charge < -0.3 is 15.4 Å². The topological polar surface area (TPSA) is 75.2 Å². The first-order valence-electron chi connectivity index (χ1n) is 7.27. The van der Waals surface area contributed by atoms with Crippen LogP contribution >= 0.6 is 0 Å². The summed E-state index contributed by atoms with van der Waals surface area (Å²) in [7, 11) is 1.78. The SMILES string of the molecule is CCOc1nc(NC)nc(NCC(C)N2CCCC2)n1. The fourth-order valence-electron chi connectivity index (χ4n) is 2.29. The normalized spacial score (nSPS) is 16.9. The molecule has 1 aromatic heterocycles. The quantitative estimate of drug-likeness (QED) is 0.777. The van der Waals surface area contributed by atoms with Crippen LogP contribution in [0.25, 0.3) is 0 Å². The minimum Gasteiger partial charge on any atom is -0.464 e. The molecule has 1 unspecified atom stereocenters. The van der Waals surface area contributed by atoms with Gasteiger partial charge >= 0.3 is 6.01 Å². The van der Waals surface area contributed by atoms with Gasteiger partial charge in [-0.05, 0) is 39.8 Å². The Labute approximate surface area is 120 Å². The maximum Gasteiger partial charge on any atom is 0.323 e. The highest BCUT2D eigenvalue weighted by Gasteiger charge is 2.18. The summed E-state index contributed by atoms with van der Waals surface area (Å²) < 4.78 is 5.34. The lowest BCUT2D eigenvalue weighted by Crippen LogP contribution is -2.35. The van der Waals surface area contributed by atoms with Crippen molar-refractivity contribution in [3.05, 3.63) is 0 Å².